The van der Waals surface area contributed by atoms with Crippen molar-refractivity contribution in [1.82, 2.24) is 0 Å². The van der Waals surface area contributed by atoms with Gasteiger partial charge in [-0.25, -0.2) is 14.4 Å². The van der Waals surface area contributed by atoms with E-state index in [9.17, 15) is 24.0 Å². The van der Waals surface area contributed by atoms with Gasteiger partial charge in [0.15, 0.2) is 23.1 Å². The van der Waals surface area contributed by atoms with Crippen molar-refractivity contribution in [3.63, 3.8) is 0 Å². The van der Waals surface area contributed by atoms with E-state index in [0.717, 1.165) is 0 Å². The highest BCUT2D eigenvalue weighted by Crippen LogP contribution is 2.69. The number of benzene rings is 1. The van der Waals surface area contributed by atoms with Gasteiger partial charge in [0.05, 0.1) is 11.5 Å². The molecule has 0 bridgehead atoms. The quantitative estimate of drug-likeness (QED) is 0.113. The number of esters is 4. The van der Waals surface area contributed by atoms with Crippen LogP contribution in [0.2, 0.25) is 0 Å². The first-order valence-electron chi connectivity index (χ1n) is 17.0. The predicted octanol–water partition coefficient (Wildman–Crippen LogP) is 5.88. The average molecular weight is 677 g/mol. The van der Waals surface area contributed by atoms with Crippen LogP contribution >= 0.6 is 0 Å². The van der Waals surface area contributed by atoms with Gasteiger partial charge in [-0.05, 0) is 76.2 Å². The maximum absolute atomic E-state index is 14.7. The van der Waals surface area contributed by atoms with E-state index in [1.165, 1.54) is 6.92 Å². The van der Waals surface area contributed by atoms with E-state index >= 15 is 0 Å². The minimum atomic E-state index is -1.40. The minimum Gasteiger partial charge on any atom is -0.461 e. The highest BCUT2D eigenvalue weighted by molar-refractivity contribution is 5.96. The van der Waals surface area contributed by atoms with Crippen molar-refractivity contribution < 1.29 is 47.7 Å². The van der Waals surface area contributed by atoms with Crippen molar-refractivity contribution in [2.24, 2.45) is 29.1 Å². The molecule has 0 radical (unpaired) electrons. The Balaban J connectivity index is 1.73. The monoisotopic (exact) mass is 676 g/mol. The number of epoxide rings is 1. The second kappa shape index (κ2) is 13.0. The second-order valence-electron chi connectivity index (χ2n) is 14.7. The fourth-order valence-corrected chi connectivity index (χ4v) is 8.26. The molecule has 1 heterocycles. The number of hydrogen-bond donors (Lipinski definition) is 0. The zero-order valence-electron chi connectivity index (χ0n) is 30.0. The molecular weight excluding hydrogens is 628 g/mol. The number of hydrogen-bond acceptors (Lipinski definition) is 10. The number of fused-ring (bicyclic) bond motifs is 1. The Morgan fingerprint density at radius 2 is 1.41 bits per heavy atom. The van der Waals surface area contributed by atoms with Gasteiger partial charge in [-0.2, -0.15) is 0 Å². The number of ether oxygens (including phenoxy) is 5. The molecule has 3 fully saturated rings. The summed E-state index contributed by atoms with van der Waals surface area (Å²) in [5.74, 6) is -4.65. The van der Waals surface area contributed by atoms with Crippen molar-refractivity contribution in [2.75, 3.05) is 0 Å². The molecule has 2 saturated carbocycles. The number of carbonyl (C=O) groups excluding carboxylic acids is 5. The Morgan fingerprint density at radius 1 is 0.837 bits per heavy atom. The van der Waals surface area contributed by atoms with Crippen LogP contribution in [0.5, 0.6) is 0 Å². The smallest absolute Gasteiger partial charge is 0.338 e. The number of ketones is 1. The highest BCUT2D eigenvalue weighted by Gasteiger charge is 2.84. The average Bonchev–Trinajstić information content (AvgIpc) is 3.86. The molecule has 1 aromatic carbocycles. The summed E-state index contributed by atoms with van der Waals surface area (Å²) >= 11 is 0. The Labute approximate surface area is 288 Å². The first-order valence-corrected chi connectivity index (χ1v) is 17.0. The molecule has 5 rings (SSSR count). The van der Waals surface area contributed by atoms with Crippen molar-refractivity contribution in [2.45, 2.75) is 111 Å². The van der Waals surface area contributed by atoms with Crippen LogP contribution in [-0.2, 0) is 42.9 Å². The van der Waals surface area contributed by atoms with Crippen LogP contribution in [0.4, 0.5) is 0 Å². The van der Waals surface area contributed by atoms with E-state index in [4.69, 9.17) is 23.7 Å². The fourth-order valence-electron chi connectivity index (χ4n) is 8.26. The van der Waals surface area contributed by atoms with Gasteiger partial charge in [-0.1, -0.05) is 58.0 Å². The van der Waals surface area contributed by atoms with Crippen molar-refractivity contribution in [1.29, 1.82) is 0 Å². The van der Waals surface area contributed by atoms with Crippen molar-refractivity contribution in [3.8, 4) is 0 Å². The van der Waals surface area contributed by atoms with E-state index in [0.29, 0.717) is 22.3 Å². The van der Waals surface area contributed by atoms with Gasteiger partial charge in [0.2, 0.25) is 0 Å². The van der Waals surface area contributed by atoms with Crippen molar-refractivity contribution >= 4 is 29.7 Å². The molecule has 0 amide bonds. The molecule has 0 spiro atoms. The van der Waals surface area contributed by atoms with Crippen LogP contribution in [0.15, 0.2) is 65.3 Å². The van der Waals surface area contributed by atoms with Gasteiger partial charge in [0.25, 0.3) is 0 Å². The minimum absolute atomic E-state index is 0.254. The highest BCUT2D eigenvalue weighted by atomic mass is 16.7. The van der Waals surface area contributed by atoms with Gasteiger partial charge < -0.3 is 23.7 Å². The standard InChI is InChI=1S/C39H48O10/c1-11-20(3)34(42)47-31-28-27(37(28,9)10)30(45-25(8)40)24(7)32(41)38-19-23(6)33(48-35(43)21(4)12-2)39(38,49-38)18-22(5)29(31)46-36(44)26-16-14-13-15-17-26/h11-18,23-24,27-31,33H,19H2,1-10H3/b20-11+,21-12+,22-18+/t23-,24+,27-,28+,29+,30+,31?,33-,38-,39-/m0/s1. The Bertz CT molecular complexity index is 1640. The van der Waals surface area contributed by atoms with E-state index in [1.807, 2.05) is 20.8 Å². The zero-order chi connectivity index (χ0) is 36.2. The van der Waals surface area contributed by atoms with E-state index < -0.39 is 82.7 Å². The Kier molecular flexibility index (Phi) is 9.62. The third kappa shape index (κ3) is 6.06. The summed E-state index contributed by atoms with van der Waals surface area (Å²) in [6.07, 6.45) is 1.31. The molecule has 10 nitrogen and oxygen atoms in total. The summed E-state index contributed by atoms with van der Waals surface area (Å²) in [5, 5.41) is 0. The molecule has 1 unspecified atom stereocenters. The first kappa shape index (κ1) is 36.2. The lowest BCUT2D eigenvalue weighted by Crippen LogP contribution is -2.43. The molecule has 10 heteroatoms. The number of carbonyl (C=O) groups is 5. The van der Waals surface area contributed by atoms with Crippen LogP contribution in [0.25, 0.3) is 0 Å². The van der Waals surface area contributed by atoms with Crippen LogP contribution in [0, 0.1) is 29.1 Å². The van der Waals surface area contributed by atoms with Gasteiger partial charge in [-0.3, -0.25) is 9.59 Å². The number of rotatable bonds is 7. The predicted molar refractivity (Wildman–Crippen MR) is 179 cm³/mol. The zero-order valence-corrected chi connectivity index (χ0v) is 30.0. The molecule has 1 aromatic rings. The summed E-state index contributed by atoms with van der Waals surface area (Å²) in [6.45, 7) is 17.3. The molecule has 264 valence electrons. The van der Waals surface area contributed by atoms with Crippen LogP contribution in [-0.4, -0.2) is 65.3 Å². The maximum Gasteiger partial charge on any atom is 0.338 e. The molecule has 1 saturated heterocycles. The fraction of sp³-hybridized carbons (Fsp3) is 0.564. The lowest BCUT2D eigenvalue weighted by atomic mass is 9.80. The lowest BCUT2D eigenvalue weighted by Gasteiger charge is -2.31. The molecule has 3 aliphatic carbocycles. The van der Waals surface area contributed by atoms with E-state index in [2.05, 4.69) is 0 Å². The maximum atomic E-state index is 14.7. The van der Waals surface area contributed by atoms with Crippen LogP contribution < -0.4 is 0 Å². The Hall–Kier alpha value is -4.05. The molecule has 1 aliphatic heterocycles. The van der Waals surface area contributed by atoms with E-state index in [1.54, 1.807) is 90.1 Å². The summed E-state index contributed by atoms with van der Waals surface area (Å²) in [4.78, 5) is 67.7. The summed E-state index contributed by atoms with van der Waals surface area (Å²) in [7, 11) is 0. The summed E-state index contributed by atoms with van der Waals surface area (Å²) in [5.41, 5.74) is -1.87. The molecule has 49 heavy (non-hydrogen) atoms. The lowest BCUT2D eigenvalue weighted by molar-refractivity contribution is -0.157. The topological polar surface area (TPSA) is 135 Å². The van der Waals surface area contributed by atoms with Gasteiger partial charge in [0.1, 0.15) is 18.3 Å². The number of Topliss-reactive ketones (excluding diaryl/α,β-unsaturated/α-hetero) is 1. The van der Waals surface area contributed by atoms with Crippen LogP contribution in [0.3, 0.4) is 0 Å². The first-order chi connectivity index (χ1) is 23.0. The second-order valence-corrected chi connectivity index (χ2v) is 14.7. The molecule has 4 aliphatic rings. The third-order valence-corrected chi connectivity index (χ3v) is 11.2. The van der Waals surface area contributed by atoms with Gasteiger partial charge in [0, 0.05) is 29.9 Å². The SMILES string of the molecule is C/C=C(\C)C(=O)OC1[C@H](OC(=O)c2ccccc2)/C(C)=C/[C@@]23O[C@@]2(C[C@H](C)[C@@H]3OC(=O)/C(C)=C/C)C(=O)[C@H](C)[C@@H](OC(C)=O)[C@@H]2[C@H]1C2(C)C. The van der Waals surface area contributed by atoms with Gasteiger partial charge >= 0.3 is 23.9 Å². The van der Waals surface area contributed by atoms with Crippen molar-refractivity contribution in [3.05, 3.63) is 70.8 Å². The molecule has 0 aromatic heterocycles. The largest absolute Gasteiger partial charge is 0.461 e. The molecule has 0 N–H and O–H groups in total. The third-order valence-electron chi connectivity index (χ3n) is 11.2. The number of allylic oxidation sites excluding steroid dienone is 2. The van der Waals surface area contributed by atoms with E-state index in [-0.39, 0.29) is 18.1 Å². The molecule has 10 atom stereocenters. The van der Waals surface area contributed by atoms with Crippen LogP contribution in [0.1, 0.15) is 86.0 Å². The summed E-state index contributed by atoms with van der Waals surface area (Å²) in [6, 6.07) is 8.48. The normalized spacial score (nSPS) is 37.5. The van der Waals surface area contributed by atoms with Gasteiger partial charge in [-0.15, -0.1) is 0 Å². The Morgan fingerprint density at radius 3 is 1.98 bits per heavy atom. The molecular formula is C39H48O10. The summed E-state index contributed by atoms with van der Waals surface area (Å²) < 4.78 is 31.1.